The average molecular weight is 665 g/mol. The number of nitrogens with zero attached hydrogens (tertiary/aromatic N) is 2. The number of benzene rings is 2. The van der Waals surface area contributed by atoms with Gasteiger partial charge < -0.3 is 9.67 Å². The zero-order valence-electron chi connectivity index (χ0n) is 30.6. The lowest BCUT2D eigenvalue weighted by Crippen LogP contribution is -2.12. The summed E-state index contributed by atoms with van der Waals surface area (Å²) < 4.78 is 2.35. The molecule has 49 heavy (non-hydrogen) atoms. The molecule has 0 unspecified atom stereocenters. The predicted octanol–water partition coefficient (Wildman–Crippen LogP) is 11.7. The summed E-state index contributed by atoms with van der Waals surface area (Å²) in [6.07, 6.45) is 21.7. The lowest BCUT2D eigenvalue weighted by atomic mass is 9.98. The number of carbonyl (C=O) groups is 1. The van der Waals surface area contributed by atoms with E-state index < -0.39 is 5.97 Å². The lowest BCUT2D eigenvalue weighted by molar-refractivity contribution is 0.0697. The van der Waals surface area contributed by atoms with Gasteiger partial charge in [0, 0.05) is 24.1 Å². The molecule has 0 bridgehead atoms. The molecule has 1 aromatic heterocycles. The van der Waals surface area contributed by atoms with Gasteiger partial charge in [0.1, 0.15) is 5.82 Å². The van der Waals surface area contributed by atoms with Crippen molar-refractivity contribution < 1.29 is 9.90 Å². The minimum absolute atomic E-state index is 0.220. The van der Waals surface area contributed by atoms with Crippen molar-refractivity contribution in [3.05, 3.63) is 99.0 Å². The number of aromatic carboxylic acids is 1. The molecule has 264 valence electrons. The van der Waals surface area contributed by atoms with Gasteiger partial charge >= 0.3 is 5.97 Å². The van der Waals surface area contributed by atoms with Crippen molar-refractivity contribution in [1.29, 1.82) is 0 Å². The van der Waals surface area contributed by atoms with Crippen molar-refractivity contribution in [2.75, 3.05) is 0 Å². The number of rotatable bonds is 23. The van der Waals surface area contributed by atoms with E-state index in [1.165, 1.54) is 70.6 Å². The zero-order chi connectivity index (χ0) is 34.8. The van der Waals surface area contributed by atoms with Crippen LogP contribution < -0.4 is 5.43 Å². The lowest BCUT2D eigenvalue weighted by Gasteiger charge is -2.11. The van der Waals surface area contributed by atoms with E-state index in [0.29, 0.717) is 12.1 Å². The maximum absolute atomic E-state index is 14.1. The van der Waals surface area contributed by atoms with Crippen molar-refractivity contribution in [2.45, 2.75) is 149 Å². The maximum Gasteiger partial charge on any atom is 0.336 e. The third-order valence-electron chi connectivity index (χ3n) is 9.94. The molecule has 0 aliphatic rings. The van der Waals surface area contributed by atoms with Crippen molar-refractivity contribution in [1.82, 2.24) is 9.55 Å². The molecule has 0 spiro atoms. The predicted molar refractivity (Wildman–Crippen MR) is 206 cm³/mol. The number of aryl methyl sites for hydroxylation is 3. The number of aromatic nitrogens is 2. The fraction of sp³-hybridized carbons (Fsp3) is 0.523. The third kappa shape index (κ3) is 11.4. The highest BCUT2D eigenvalue weighted by molar-refractivity contribution is 5.96. The summed E-state index contributed by atoms with van der Waals surface area (Å²) in [5.41, 5.74) is 7.12. The van der Waals surface area contributed by atoms with E-state index in [4.69, 9.17) is 4.98 Å². The van der Waals surface area contributed by atoms with Crippen molar-refractivity contribution >= 4 is 17.0 Å². The monoisotopic (exact) mass is 664 g/mol. The summed E-state index contributed by atoms with van der Waals surface area (Å²) in [5, 5.41) is 9.73. The number of hydrogen-bond donors (Lipinski definition) is 1. The van der Waals surface area contributed by atoms with E-state index in [9.17, 15) is 14.7 Å². The molecule has 0 saturated heterocycles. The number of imidazole rings is 1. The summed E-state index contributed by atoms with van der Waals surface area (Å²) in [4.78, 5) is 31.2. The Hall–Kier alpha value is -3.73. The van der Waals surface area contributed by atoms with E-state index >= 15 is 0 Å². The molecule has 1 heterocycles. The van der Waals surface area contributed by atoms with Gasteiger partial charge in [-0.3, -0.25) is 4.79 Å². The summed E-state index contributed by atoms with van der Waals surface area (Å²) in [7, 11) is 0. The number of unbranched alkanes of at least 4 members (excludes halogenated alkanes) is 13. The molecule has 5 nitrogen and oxygen atoms in total. The molecule has 4 aromatic rings. The maximum atomic E-state index is 14.1. The normalized spacial score (nSPS) is 11.4. The van der Waals surface area contributed by atoms with Gasteiger partial charge in [0.2, 0.25) is 0 Å². The molecule has 0 fully saturated rings. The van der Waals surface area contributed by atoms with Crippen LogP contribution in [0.1, 0.15) is 156 Å². The second kappa shape index (κ2) is 20.7. The van der Waals surface area contributed by atoms with E-state index in [1.54, 1.807) is 12.1 Å². The van der Waals surface area contributed by atoms with Crippen LogP contribution in [0, 0.1) is 0 Å². The van der Waals surface area contributed by atoms with E-state index in [-0.39, 0.29) is 5.43 Å². The number of carboxylic acid groups (broad SMARTS) is 1. The van der Waals surface area contributed by atoms with Crippen LogP contribution in [0.2, 0.25) is 0 Å². The van der Waals surface area contributed by atoms with E-state index in [2.05, 4.69) is 49.6 Å². The molecular weight excluding hydrogens is 604 g/mol. The van der Waals surface area contributed by atoms with Crippen molar-refractivity contribution in [3.8, 4) is 11.1 Å². The second-order valence-electron chi connectivity index (χ2n) is 13.9. The molecular formula is C44H60N2O3. The van der Waals surface area contributed by atoms with Crippen LogP contribution in [0.3, 0.4) is 0 Å². The van der Waals surface area contributed by atoms with Gasteiger partial charge in [-0.2, -0.15) is 0 Å². The standard InChI is InChI=1S/C44H60N2O3/c1-4-7-10-13-15-17-22-36-31-40-41(32-37(43(36)47)23-18-16-14-11-8-5-2)46(42(45-40)26-19-12-9-6-3)33-34-27-29-35(30-28-34)38-24-20-21-25-39(38)44(48)49/h20-21,24-25,27-32H,4-19,22-23,26,33H2,1-3H3,(H,48,49). The van der Waals surface area contributed by atoms with Gasteiger partial charge in [-0.15, -0.1) is 0 Å². The molecule has 5 heteroatoms. The molecule has 3 aromatic carbocycles. The SMILES string of the molecule is CCCCCCCCc1cc2nc(CCCCCC)n(Cc3ccc(-c4ccccc4C(=O)O)cc3)c2cc(CCCCCCCC)c1=O. The van der Waals surface area contributed by atoms with Crippen LogP contribution in [0.5, 0.6) is 0 Å². The van der Waals surface area contributed by atoms with Crippen molar-refractivity contribution in [3.63, 3.8) is 0 Å². The number of fused-ring (bicyclic) bond motifs is 1. The van der Waals surface area contributed by atoms with Crippen LogP contribution in [-0.4, -0.2) is 20.6 Å². The minimum Gasteiger partial charge on any atom is -0.478 e. The second-order valence-corrected chi connectivity index (χ2v) is 13.9. The van der Waals surface area contributed by atoms with Gasteiger partial charge in [-0.25, -0.2) is 9.78 Å². The molecule has 0 atom stereocenters. The summed E-state index contributed by atoms with van der Waals surface area (Å²) >= 11 is 0. The molecule has 0 radical (unpaired) electrons. The fourth-order valence-electron chi connectivity index (χ4n) is 6.99. The van der Waals surface area contributed by atoms with Crippen LogP contribution >= 0.6 is 0 Å². The molecule has 0 amide bonds. The van der Waals surface area contributed by atoms with Crippen LogP contribution in [0.25, 0.3) is 22.2 Å². The first-order chi connectivity index (χ1) is 24.0. The number of hydrogen-bond acceptors (Lipinski definition) is 3. The van der Waals surface area contributed by atoms with Gasteiger partial charge in [0.15, 0.2) is 5.43 Å². The quantitative estimate of drug-likeness (QED) is 0.0801. The summed E-state index contributed by atoms with van der Waals surface area (Å²) in [5.74, 6) is 0.164. The molecule has 1 N–H and O–H groups in total. The number of carboxylic acids is 1. The first-order valence-corrected chi connectivity index (χ1v) is 19.4. The van der Waals surface area contributed by atoms with Crippen LogP contribution in [0.15, 0.2) is 65.5 Å². The van der Waals surface area contributed by atoms with Gasteiger partial charge in [-0.1, -0.05) is 147 Å². The Bertz CT molecular complexity index is 1650. The minimum atomic E-state index is -0.921. The summed E-state index contributed by atoms with van der Waals surface area (Å²) in [6, 6.07) is 19.7. The fourth-order valence-corrected chi connectivity index (χ4v) is 6.99. The summed E-state index contributed by atoms with van der Waals surface area (Å²) in [6.45, 7) is 7.39. The highest BCUT2D eigenvalue weighted by atomic mass is 16.4. The first-order valence-electron chi connectivity index (χ1n) is 19.4. The van der Waals surface area contributed by atoms with Crippen molar-refractivity contribution in [2.24, 2.45) is 0 Å². The van der Waals surface area contributed by atoms with E-state index in [1.807, 2.05) is 24.3 Å². The van der Waals surface area contributed by atoms with Crippen LogP contribution in [0.4, 0.5) is 0 Å². The molecule has 0 aliphatic carbocycles. The van der Waals surface area contributed by atoms with Gasteiger partial charge in [0.25, 0.3) is 0 Å². The molecule has 0 saturated carbocycles. The Morgan fingerprint density at radius 1 is 0.653 bits per heavy atom. The topological polar surface area (TPSA) is 72.2 Å². The zero-order valence-corrected chi connectivity index (χ0v) is 30.6. The smallest absolute Gasteiger partial charge is 0.336 e. The Kier molecular flexibility index (Phi) is 16.1. The Balaban J connectivity index is 1.70. The highest BCUT2D eigenvalue weighted by Gasteiger charge is 2.16. The Labute approximate surface area is 295 Å². The van der Waals surface area contributed by atoms with Crippen LogP contribution in [-0.2, 0) is 25.8 Å². The molecule has 4 rings (SSSR count). The average Bonchev–Trinajstić information content (AvgIpc) is 3.35. The first kappa shape index (κ1) is 38.1. The molecule has 0 aliphatic heterocycles. The Morgan fingerprint density at radius 3 is 1.80 bits per heavy atom. The highest BCUT2D eigenvalue weighted by Crippen LogP contribution is 2.26. The van der Waals surface area contributed by atoms with E-state index in [0.717, 1.165) is 96.0 Å². The third-order valence-corrected chi connectivity index (χ3v) is 9.94. The Morgan fingerprint density at radius 2 is 1.18 bits per heavy atom. The largest absolute Gasteiger partial charge is 0.478 e. The van der Waals surface area contributed by atoms with Gasteiger partial charge in [-0.05, 0) is 67.0 Å². The van der Waals surface area contributed by atoms with Gasteiger partial charge in [0.05, 0.1) is 16.6 Å².